The molecule has 2 aromatic rings. The van der Waals surface area contributed by atoms with Gasteiger partial charge in [0.2, 0.25) is 0 Å². The lowest BCUT2D eigenvalue weighted by Crippen LogP contribution is -2.26. The smallest absolute Gasteiger partial charge is 0.278 e. The van der Waals surface area contributed by atoms with Crippen molar-refractivity contribution in [2.75, 3.05) is 18.5 Å². The molecule has 1 heterocycles. The first-order valence-electron chi connectivity index (χ1n) is 8.93. The number of anilines is 2. The first-order valence-corrected chi connectivity index (χ1v) is 9.73. The van der Waals surface area contributed by atoms with Gasteiger partial charge >= 0.3 is 0 Å². The van der Waals surface area contributed by atoms with Gasteiger partial charge in [-0.3, -0.25) is 14.4 Å². The van der Waals surface area contributed by atoms with Crippen molar-refractivity contribution in [3.05, 3.63) is 45.3 Å². The van der Waals surface area contributed by atoms with Crippen LogP contribution in [0, 0.1) is 5.82 Å². The number of carbonyl (C=O) groups excluding carboxylic acids is 2. The second-order valence-corrected chi connectivity index (χ2v) is 7.41. The molecular weight excluding hydrogens is 433 g/mol. The Morgan fingerprint density at radius 3 is 2.89 bits per heavy atom. The van der Waals surface area contributed by atoms with Gasteiger partial charge in [0.15, 0.2) is 5.78 Å². The van der Waals surface area contributed by atoms with Crippen LogP contribution in [0.25, 0.3) is 0 Å². The fraction of sp³-hybridized carbons (Fsp3) is 0.368. The summed E-state index contributed by atoms with van der Waals surface area (Å²) < 4.78 is 16.5. The van der Waals surface area contributed by atoms with Gasteiger partial charge in [0, 0.05) is 24.5 Å². The predicted molar refractivity (Wildman–Crippen MR) is 105 cm³/mol. The minimum atomic E-state index is -0.524. The maximum atomic E-state index is 14.3. The normalized spacial score (nSPS) is 13.4. The predicted octanol–water partition coefficient (Wildman–Crippen LogP) is 3.23. The van der Waals surface area contributed by atoms with Crippen molar-refractivity contribution in [1.82, 2.24) is 10.0 Å². The van der Waals surface area contributed by atoms with Gasteiger partial charge in [-0.05, 0) is 43.0 Å². The second kappa shape index (κ2) is 8.85. The Morgan fingerprint density at radius 2 is 2.18 bits per heavy atom. The van der Waals surface area contributed by atoms with Gasteiger partial charge in [0.05, 0.1) is 23.6 Å². The lowest BCUT2D eigenvalue weighted by Gasteiger charge is -2.13. The summed E-state index contributed by atoms with van der Waals surface area (Å²) in [4.78, 5) is 30.3. The van der Waals surface area contributed by atoms with Gasteiger partial charge in [-0.25, -0.2) is 9.87 Å². The number of ketones is 1. The van der Waals surface area contributed by atoms with Gasteiger partial charge < -0.3 is 15.0 Å². The zero-order valence-electron chi connectivity index (χ0n) is 15.3. The quantitative estimate of drug-likeness (QED) is 0.442. The largest absolute Gasteiger partial charge is 0.396 e. The fourth-order valence-electron chi connectivity index (χ4n) is 3.30. The molecule has 3 N–H and O–H groups in total. The number of aliphatic hydroxyl groups is 1. The van der Waals surface area contributed by atoms with Crippen molar-refractivity contribution in [1.29, 1.82) is 0 Å². The molecule has 7 nitrogen and oxygen atoms in total. The monoisotopic (exact) mass is 453 g/mol. The van der Waals surface area contributed by atoms with Gasteiger partial charge in [0.25, 0.3) is 5.91 Å². The molecule has 1 aromatic carbocycles. The molecule has 0 radical (unpaired) electrons. The van der Waals surface area contributed by atoms with Crippen molar-refractivity contribution in [3.8, 4) is 0 Å². The molecule has 28 heavy (non-hydrogen) atoms. The molecule has 3 rings (SSSR count). The molecule has 9 heteroatoms. The summed E-state index contributed by atoms with van der Waals surface area (Å²) in [6, 6.07) is 4.54. The van der Waals surface area contributed by atoms with E-state index in [0.717, 1.165) is 0 Å². The minimum absolute atomic E-state index is 0.0525. The summed E-state index contributed by atoms with van der Waals surface area (Å²) in [7, 11) is 1.67. The summed E-state index contributed by atoms with van der Waals surface area (Å²) in [5.41, 5.74) is 3.87. The number of carbonyl (C=O) groups is 2. The summed E-state index contributed by atoms with van der Waals surface area (Å²) in [6.45, 7) is 0.0983. The fourth-order valence-corrected chi connectivity index (χ4v) is 3.63. The number of aromatic nitrogens is 1. The maximum absolute atomic E-state index is 14.3. The highest BCUT2D eigenvalue weighted by Gasteiger charge is 2.32. The summed E-state index contributed by atoms with van der Waals surface area (Å²) in [6.07, 6.45) is 2.00. The highest BCUT2D eigenvalue weighted by atomic mass is 79.9. The van der Waals surface area contributed by atoms with E-state index >= 15 is 0 Å². The maximum Gasteiger partial charge on any atom is 0.278 e. The van der Waals surface area contributed by atoms with Crippen LogP contribution in [0.15, 0.2) is 22.7 Å². The third kappa shape index (κ3) is 4.11. The van der Waals surface area contributed by atoms with Crippen LogP contribution in [0.5, 0.6) is 0 Å². The molecule has 0 fully saturated rings. The average Bonchev–Trinajstić information content (AvgIpc) is 2.94. The number of nitrogens with zero attached hydrogens (tertiary/aromatic N) is 1. The van der Waals surface area contributed by atoms with Crippen LogP contribution in [0.1, 0.15) is 45.7 Å². The molecule has 1 amide bonds. The SMILES string of the molecule is Cn1c(Nc2ccc(Br)cc2F)c(C(=O)NOCCCO)c2c1C(=O)CCC2. The molecule has 0 aliphatic heterocycles. The molecule has 150 valence electrons. The molecule has 1 aliphatic rings. The number of Topliss-reactive ketones (excluding diaryl/α,β-unsaturated/α-hetero) is 1. The number of hydrogen-bond acceptors (Lipinski definition) is 5. The summed E-state index contributed by atoms with van der Waals surface area (Å²) >= 11 is 3.21. The van der Waals surface area contributed by atoms with Crippen molar-refractivity contribution < 1.29 is 23.9 Å². The van der Waals surface area contributed by atoms with Gasteiger partial charge in [-0.15, -0.1) is 0 Å². The lowest BCUT2D eigenvalue weighted by molar-refractivity contribution is 0.0262. The molecule has 0 atom stereocenters. The lowest BCUT2D eigenvalue weighted by atomic mass is 9.93. The van der Waals surface area contributed by atoms with Gasteiger partial charge in [-0.1, -0.05) is 15.9 Å². The van der Waals surface area contributed by atoms with Gasteiger partial charge in [0.1, 0.15) is 11.6 Å². The molecule has 0 unspecified atom stereocenters. The van der Waals surface area contributed by atoms with E-state index in [-0.39, 0.29) is 30.2 Å². The van der Waals surface area contributed by atoms with Crippen LogP contribution in [-0.2, 0) is 18.3 Å². The number of amides is 1. The van der Waals surface area contributed by atoms with E-state index in [4.69, 9.17) is 9.94 Å². The van der Waals surface area contributed by atoms with Crippen LogP contribution >= 0.6 is 15.9 Å². The summed E-state index contributed by atoms with van der Waals surface area (Å²) in [5.74, 6) is -0.747. The topological polar surface area (TPSA) is 92.6 Å². The Bertz CT molecular complexity index is 913. The van der Waals surface area contributed by atoms with Crippen molar-refractivity contribution in [2.45, 2.75) is 25.7 Å². The van der Waals surface area contributed by atoms with E-state index in [0.29, 0.717) is 47.2 Å². The second-order valence-electron chi connectivity index (χ2n) is 6.49. The van der Waals surface area contributed by atoms with Crippen LogP contribution < -0.4 is 10.8 Å². The average molecular weight is 454 g/mol. The Balaban J connectivity index is 2.00. The Kier molecular flexibility index (Phi) is 6.48. The van der Waals surface area contributed by atoms with Crippen LogP contribution in [-0.4, -0.2) is 34.6 Å². The number of aliphatic hydroxyl groups excluding tert-OH is 1. The number of benzene rings is 1. The molecule has 1 aliphatic carbocycles. The molecule has 0 saturated carbocycles. The number of fused-ring (bicyclic) bond motifs is 1. The van der Waals surface area contributed by atoms with E-state index in [2.05, 4.69) is 26.7 Å². The standard InChI is InChI=1S/C19H21BrFN3O4/c1-24-17-12(4-2-5-15(17)26)16(19(27)23-28-9-3-8-25)18(24)22-14-7-6-11(20)10-13(14)21/h6-7,10,22,25H,2-5,8-9H2,1H3,(H,23,27). The molecule has 0 spiro atoms. The third-order valence-corrected chi connectivity index (χ3v) is 5.06. The van der Waals surface area contributed by atoms with Crippen molar-refractivity contribution >= 4 is 39.1 Å². The Labute approximate surface area is 170 Å². The van der Waals surface area contributed by atoms with Crippen molar-refractivity contribution in [2.24, 2.45) is 7.05 Å². The van der Waals surface area contributed by atoms with Crippen LogP contribution in [0.3, 0.4) is 0 Å². The van der Waals surface area contributed by atoms with Gasteiger partial charge in [-0.2, -0.15) is 0 Å². The molecular formula is C19H21BrFN3O4. The third-order valence-electron chi connectivity index (χ3n) is 4.57. The van der Waals surface area contributed by atoms with Crippen LogP contribution in [0.4, 0.5) is 15.9 Å². The molecule has 1 aromatic heterocycles. The number of rotatable bonds is 7. The molecule has 0 bridgehead atoms. The first-order chi connectivity index (χ1) is 13.4. The number of halogens is 2. The van der Waals surface area contributed by atoms with Crippen molar-refractivity contribution in [3.63, 3.8) is 0 Å². The van der Waals surface area contributed by atoms with E-state index in [1.165, 1.54) is 6.07 Å². The van der Waals surface area contributed by atoms with Crippen LogP contribution in [0.2, 0.25) is 0 Å². The Morgan fingerprint density at radius 1 is 1.39 bits per heavy atom. The van der Waals surface area contributed by atoms with E-state index in [1.54, 1.807) is 23.7 Å². The van der Waals surface area contributed by atoms with E-state index in [9.17, 15) is 14.0 Å². The number of hydroxylamine groups is 1. The summed E-state index contributed by atoms with van der Waals surface area (Å²) in [5, 5.41) is 11.8. The van der Waals surface area contributed by atoms with E-state index in [1.807, 2.05) is 0 Å². The first kappa shape index (κ1) is 20.5. The van der Waals surface area contributed by atoms with E-state index < -0.39 is 11.7 Å². The molecule has 0 saturated heterocycles. The number of hydrogen-bond donors (Lipinski definition) is 3. The number of nitrogens with one attached hydrogen (secondary N) is 2. The highest BCUT2D eigenvalue weighted by Crippen LogP contribution is 2.35. The highest BCUT2D eigenvalue weighted by molar-refractivity contribution is 9.10. The zero-order valence-corrected chi connectivity index (χ0v) is 16.9. The zero-order chi connectivity index (χ0) is 20.3. The minimum Gasteiger partial charge on any atom is -0.396 e. The Hall–Kier alpha value is -2.23.